The highest BCUT2D eigenvalue weighted by atomic mass is 16.5. The van der Waals surface area contributed by atoms with Gasteiger partial charge < -0.3 is 14.7 Å². The summed E-state index contributed by atoms with van der Waals surface area (Å²) in [5, 5.41) is 8.62. The molecule has 26 heavy (non-hydrogen) atoms. The van der Waals surface area contributed by atoms with Crippen molar-refractivity contribution in [2.24, 2.45) is 0 Å². The molecule has 1 aliphatic heterocycles. The molecule has 5 nitrogen and oxygen atoms in total. The summed E-state index contributed by atoms with van der Waals surface area (Å²) in [5.74, 6) is 0.0267. The highest BCUT2D eigenvalue weighted by Gasteiger charge is 2.30. The minimum atomic E-state index is -0.742. The first kappa shape index (κ1) is 18.0. The second-order valence-corrected chi connectivity index (χ2v) is 6.42. The number of carboxylic acids is 1. The molecule has 0 unspecified atom stereocenters. The molecule has 0 aliphatic carbocycles. The lowest BCUT2D eigenvalue weighted by Crippen LogP contribution is -2.22. The summed E-state index contributed by atoms with van der Waals surface area (Å²) in [4.78, 5) is 24.9. The number of nitrogens with zero attached hydrogens (tertiary/aromatic N) is 1. The number of anilines is 1. The number of amides is 1. The topological polar surface area (TPSA) is 66.8 Å². The molecule has 0 radical (unpaired) electrons. The van der Waals surface area contributed by atoms with E-state index in [1.165, 1.54) is 0 Å². The van der Waals surface area contributed by atoms with Gasteiger partial charge in [-0.05, 0) is 37.1 Å². The molecule has 2 aromatic carbocycles. The van der Waals surface area contributed by atoms with Gasteiger partial charge in [-0.15, -0.1) is 0 Å². The van der Waals surface area contributed by atoms with Crippen molar-refractivity contribution < 1.29 is 19.4 Å². The molecule has 3 rings (SSSR count). The fraction of sp³-hybridized carbons (Fsp3) is 0.333. The standard InChI is InChI=1S/C21H23NO4/c23-20(24)13-6-1-2-7-14-26-19-12-8-11-17-18(19)15-22(21(17)25)16-9-4-3-5-10-16/h3-5,8-12H,1-2,6-7,13-15H2,(H,23,24). The van der Waals surface area contributed by atoms with Crippen molar-refractivity contribution in [3.8, 4) is 5.75 Å². The van der Waals surface area contributed by atoms with Crippen LogP contribution in [0.2, 0.25) is 0 Å². The maximum Gasteiger partial charge on any atom is 0.303 e. The Morgan fingerprint density at radius 1 is 1.00 bits per heavy atom. The number of ether oxygens (including phenoxy) is 1. The van der Waals surface area contributed by atoms with Gasteiger partial charge in [0.1, 0.15) is 5.75 Å². The zero-order chi connectivity index (χ0) is 18.4. The second-order valence-electron chi connectivity index (χ2n) is 6.42. The first-order chi connectivity index (χ1) is 12.7. The third kappa shape index (κ3) is 4.23. The SMILES string of the molecule is O=C(O)CCCCCCOc1cccc2c1CN(c1ccccc1)C2=O. The first-order valence-electron chi connectivity index (χ1n) is 9.00. The average molecular weight is 353 g/mol. The molecule has 0 aromatic heterocycles. The number of carboxylic acid groups (broad SMARTS) is 1. The van der Waals surface area contributed by atoms with Gasteiger partial charge in [0.15, 0.2) is 0 Å². The smallest absolute Gasteiger partial charge is 0.303 e. The predicted molar refractivity (Wildman–Crippen MR) is 99.6 cm³/mol. The van der Waals surface area contributed by atoms with Crippen molar-refractivity contribution in [3.05, 3.63) is 59.7 Å². The molecule has 1 N–H and O–H groups in total. The van der Waals surface area contributed by atoms with E-state index in [4.69, 9.17) is 9.84 Å². The summed E-state index contributed by atoms with van der Waals surface area (Å²) in [7, 11) is 0. The molecule has 0 fully saturated rings. The fourth-order valence-electron chi connectivity index (χ4n) is 3.17. The molecular weight excluding hydrogens is 330 g/mol. The van der Waals surface area contributed by atoms with Gasteiger partial charge in [-0.25, -0.2) is 0 Å². The van der Waals surface area contributed by atoms with E-state index in [9.17, 15) is 9.59 Å². The Balaban J connectivity index is 1.56. The van der Waals surface area contributed by atoms with Crippen molar-refractivity contribution in [3.63, 3.8) is 0 Å². The highest BCUT2D eigenvalue weighted by Crippen LogP contribution is 2.34. The monoisotopic (exact) mass is 353 g/mol. The predicted octanol–water partition coefficient (Wildman–Crippen LogP) is 4.26. The third-order valence-electron chi connectivity index (χ3n) is 4.54. The number of para-hydroxylation sites is 1. The van der Waals surface area contributed by atoms with E-state index in [2.05, 4.69) is 0 Å². The molecule has 1 aliphatic rings. The van der Waals surface area contributed by atoms with Gasteiger partial charge in [-0.3, -0.25) is 9.59 Å². The Morgan fingerprint density at radius 3 is 2.54 bits per heavy atom. The Hall–Kier alpha value is -2.82. The molecule has 2 aromatic rings. The summed E-state index contributed by atoms with van der Waals surface area (Å²) >= 11 is 0. The average Bonchev–Trinajstić information content (AvgIpc) is 2.99. The number of aliphatic carboxylic acids is 1. The summed E-state index contributed by atoms with van der Waals surface area (Å²) in [6, 6.07) is 15.3. The normalized spacial score (nSPS) is 12.9. The lowest BCUT2D eigenvalue weighted by Gasteiger charge is -2.15. The lowest BCUT2D eigenvalue weighted by molar-refractivity contribution is -0.137. The van der Waals surface area contributed by atoms with Crippen LogP contribution >= 0.6 is 0 Å². The molecule has 136 valence electrons. The first-order valence-corrected chi connectivity index (χ1v) is 9.00. The maximum absolute atomic E-state index is 12.7. The number of benzene rings is 2. The van der Waals surface area contributed by atoms with Crippen LogP contribution in [0.5, 0.6) is 5.75 Å². The minimum Gasteiger partial charge on any atom is -0.493 e. The summed E-state index contributed by atoms with van der Waals surface area (Å²) < 4.78 is 5.91. The Kier molecular flexibility index (Phi) is 5.89. The van der Waals surface area contributed by atoms with Crippen LogP contribution in [0.1, 0.15) is 48.0 Å². The number of unbranched alkanes of at least 4 members (excludes halogenated alkanes) is 3. The highest BCUT2D eigenvalue weighted by molar-refractivity contribution is 6.10. The zero-order valence-electron chi connectivity index (χ0n) is 14.7. The van der Waals surface area contributed by atoms with Crippen molar-refractivity contribution in [2.45, 2.75) is 38.6 Å². The molecule has 0 saturated heterocycles. The van der Waals surface area contributed by atoms with Gasteiger partial charge >= 0.3 is 5.97 Å². The van der Waals surface area contributed by atoms with E-state index in [1.807, 2.05) is 48.5 Å². The van der Waals surface area contributed by atoms with Gasteiger partial charge in [-0.2, -0.15) is 0 Å². The molecule has 1 heterocycles. The molecule has 5 heteroatoms. The largest absolute Gasteiger partial charge is 0.493 e. The van der Waals surface area contributed by atoms with E-state index >= 15 is 0 Å². The van der Waals surface area contributed by atoms with E-state index < -0.39 is 5.97 Å². The number of fused-ring (bicyclic) bond motifs is 1. The van der Waals surface area contributed by atoms with Gasteiger partial charge in [0.05, 0.1) is 13.2 Å². The Bertz CT molecular complexity index is 773. The second kappa shape index (κ2) is 8.52. The van der Waals surface area contributed by atoms with Crippen LogP contribution in [0.25, 0.3) is 0 Å². The van der Waals surface area contributed by atoms with Crippen molar-refractivity contribution in [1.29, 1.82) is 0 Å². The van der Waals surface area contributed by atoms with Crippen LogP contribution < -0.4 is 9.64 Å². The van der Waals surface area contributed by atoms with Gasteiger partial charge in [0, 0.05) is 23.2 Å². The van der Waals surface area contributed by atoms with Crippen molar-refractivity contribution in [1.82, 2.24) is 0 Å². The van der Waals surface area contributed by atoms with E-state index in [-0.39, 0.29) is 12.3 Å². The zero-order valence-corrected chi connectivity index (χ0v) is 14.7. The number of rotatable bonds is 9. The lowest BCUT2D eigenvalue weighted by atomic mass is 10.1. The summed E-state index contributed by atoms with van der Waals surface area (Å²) in [6.45, 7) is 1.09. The summed E-state index contributed by atoms with van der Waals surface area (Å²) in [6.07, 6.45) is 3.64. The van der Waals surface area contributed by atoms with E-state index in [1.54, 1.807) is 4.90 Å². The Labute approximate surface area is 153 Å². The van der Waals surface area contributed by atoms with Crippen LogP contribution in [0.4, 0.5) is 5.69 Å². The fourth-order valence-corrected chi connectivity index (χ4v) is 3.17. The van der Waals surface area contributed by atoms with Gasteiger partial charge in [0.25, 0.3) is 5.91 Å². The quantitative estimate of drug-likeness (QED) is 0.684. The molecule has 0 saturated carbocycles. The van der Waals surface area contributed by atoms with Crippen molar-refractivity contribution >= 4 is 17.6 Å². The molecule has 0 atom stereocenters. The summed E-state index contributed by atoms with van der Waals surface area (Å²) in [5.41, 5.74) is 2.53. The van der Waals surface area contributed by atoms with Crippen LogP contribution in [0, 0.1) is 0 Å². The number of carbonyl (C=O) groups excluding carboxylic acids is 1. The molecule has 1 amide bonds. The van der Waals surface area contributed by atoms with Crippen LogP contribution in [0.3, 0.4) is 0 Å². The van der Waals surface area contributed by atoms with Gasteiger partial charge in [-0.1, -0.05) is 37.1 Å². The number of hydrogen-bond donors (Lipinski definition) is 1. The van der Waals surface area contributed by atoms with Gasteiger partial charge in [0.2, 0.25) is 0 Å². The van der Waals surface area contributed by atoms with Crippen LogP contribution in [-0.4, -0.2) is 23.6 Å². The molecular formula is C21H23NO4. The minimum absolute atomic E-state index is 0.00493. The van der Waals surface area contributed by atoms with Crippen molar-refractivity contribution in [2.75, 3.05) is 11.5 Å². The molecule has 0 bridgehead atoms. The van der Waals surface area contributed by atoms with E-state index in [0.29, 0.717) is 25.1 Å². The number of hydrogen-bond acceptors (Lipinski definition) is 3. The van der Waals surface area contributed by atoms with E-state index in [0.717, 1.165) is 36.3 Å². The molecule has 0 spiro atoms. The number of carbonyl (C=O) groups is 2. The van der Waals surface area contributed by atoms with Crippen LogP contribution in [-0.2, 0) is 11.3 Å². The van der Waals surface area contributed by atoms with Crippen LogP contribution in [0.15, 0.2) is 48.5 Å². The third-order valence-corrected chi connectivity index (χ3v) is 4.54. The Morgan fingerprint density at radius 2 is 1.77 bits per heavy atom. The maximum atomic E-state index is 12.7.